The molecule has 0 saturated heterocycles. The second kappa shape index (κ2) is 6.27. The Balaban J connectivity index is 1.99. The Bertz CT molecular complexity index is 822. The van der Waals surface area contributed by atoms with Crippen molar-refractivity contribution in [1.82, 2.24) is 0 Å². The summed E-state index contributed by atoms with van der Waals surface area (Å²) in [5, 5.41) is 0. The van der Waals surface area contributed by atoms with Crippen LogP contribution in [-0.4, -0.2) is 24.9 Å². The van der Waals surface area contributed by atoms with Crippen molar-refractivity contribution in [2.45, 2.75) is 0 Å². The van der Waals surface area contributed by atoms with Gasteiger partial charge in [0.1, 0.15) is 0 Å². The zero-order chi connectivity index (χ0) is 16.2. The van der Waals surface area contributed by atoms with Gasteiger partial charge >= 0.3 is 11.9 Å². The van der Waals surface area contributed by atoms with Crippen molar-refractivity contribution in [2.75, 3.05) is 7.11 Å². The molecule has 0 spiro atoms. The first kappa shape index (κ1) is 14.7. The van der Waals surface area contributed by atoms with Crippen LogP contribution in [0, 0.1) is 0 Å². The molecule has 0 radical (unpaired) electrons. The minimum Gasteiger partial charge on any atom is -0.465 e. The zero-order valence-corrected chi connectivity index (χ0v) is 12.4. The van der Waals surface area contributed by atoms with Gasteiger partial charge in [-0.1, -0.05) is 36.4 Å². The third-order valence-corrected chi connectivity index (χ3v) is 3.30. The number of carbonyl (C=O) groups excluding carboxylic acids is 2. The second-order valence-electron chi connectivity index (χ2n) is 4.78. The van der Waals surface area contributed by atoms with Crippen LogP contribution in [0.5, 0.6) is 0 Å². The summed E-state index contributed by atoms with van der Waals surface area (Å²) in [6.45, 7) is 0. The van der Waals surface area contributed by atoms with Gasteiger partial charge in [0.15, 0.2) is 5.70 Å². The number of hydrogen-bond acceptors (Lipinski definition) is 5. The molecular weight excluding hydrogens is 294 g/mol. The van der Waals surface area contributed by atoms with Crippen molar-refractivity contribution in [2.24, 2.45) is 4.99 Å². The first-order valence-electron chi connectivity index (χ1n) is 6.94. The molecule has 0 unspecified atom stereocenters. The molecule has 3 rings (SSSR count). The average molecular weight is 307 g/mol. The first-order chi connectivity index (χ1) is 11.2. The molecule has 5 nitrogen and oxygen atoms in total. The number of methoxy groups -OCH3 is 1. The number of carbonyl (C=O) groups is 2. The van der Waals surface area contributed by atoms with E-state index in [1.807, 2.05) is 18.2 Å². The maximum Gasteiger partial charge on any atom is 0.363 e. The summed E-state index contributed by atoms with van der Waals surface area (Å²) in [5.41, 5.74) is 1.76. The molecule has 0 fully saturated rings. The number of nitrogens with zero attached hydrogens (tertiary/aromatic N) is 1. The first-order valence-corrected chi connectivity index (χ1v) is 6.94. The maximum absolute atomic E-state index is 12.0. The lowest BCUT2D eigenvalue weighted by Gasteiger charge is -2.03. The summed E-state index contributed by atoms with van der Waals surface area (Å²) in [7, 11) is 1.31. The van der Waals surface area contributed by atoms with Gasteiger partial charge in [0.2, 0.25) is 5.90 Å². The Morgan fingerprint density at radius 1 is 1.09 bits per heavy atom. The standard InChI is InChI=1S/C18H13NO4/c1-22-17(20)14-10-6-5-9-13(14)11-15-18(21)23-16(19-15)12-7-3-2-4-8-12/h2-11H,1H3. The molecule has 1 aliphatic rings. The number of ether oxygens (including phenoxy) is 2. The molecule has 114 valence electrons. The van der Waals surface area contributed by atoms with Gasteiger partial charge in [-0.3, -0.25) is 0 Å². The van der Waals surface area contributed by atoms with E-state index in [-0.39, 0.29) is 11.6 Å². The molecule has 2 aromatic carbocycles. The highest BCUT2D eigenvalue weighted by atomic mass is 16.6. The smallest absolute Gasteiger partial charge is 0.363 e. The summed E-state index contributed by atoms with van der Waals surface area (Å²) in [6.07, 6.45) is 1.52. The summed E-state index contributed by atoms with van der Waals surface area (Å²) in [4.78, 5) is 28.0. The molecule has 0 bridgehead atoms. The Labute approximate surface area is 132 Å². The van der Waals surface area contributed by atoms with E-state index < -0.39 is 11.9 Å². The van der Waals surface area contributed by atoms with E-state index >= 15 is 0 Å². The third kappa shape index (κ3) is 3.03. The van der Waals surface area contributed by atoms with Crippen LogP contribution in [0.2, 0.25) is 0 Å². The summed E-state index contributed by atoms with van der Waals surface area (Å²) in [5.74, 6) is -0.781. The predicted octanol–water partition coefficient (Wildman–Crippen LogP) is 2.82. The van der Waals surface area contributed by atoms with E-state index in [0.29, 0.717) is 16.7 Å². The molecular formula is C18H13NO4. The molecule has 1 heterocycles. The monoisotopic (exact) mass is 307 g/mol. The van der Waals surface area contributed by atoms with Gasteiger partial charge in [-0.25, -0.2) is 14.6 Å². The lowest BCUT2D eigenvalue weighted by atomic mass is 10.1. The van der Waals surface area contributed by atoms with E-state index in [4.69, 9.17) is 9.47 Å². The summed E-state index contributed by atoms with van der Waals surface area (Å²) < 4.78 is 9.92. The van der Waals surface area contributed by atoms with E-state index in [1.165, 1.54) is 13.2 Å². The fourth-order valence-corrected chi connectivity index (χ4v) is 2.18. The van der Waals surface area contributed by atoms with E-state index in [2.05, 4.69) is 4.99 Å². The van der Waals surface area contributed by atoms with Crippen LogP contribution in [0.4, 0.5) is 0 Å². The summed E-state index contributed by atoms with van der Waals surface area (Å²) >= 11 is 0. The van der Waals surface area contributed by atoms with Gasteiger partial charge in [-0.2, -0.15) is 0 Å². The van der Waals surface area contributed by atoms with Crippen LogP contribution in [0.3, 0.4) is 0 Å². The number of esters is 2. The number of cyclic esters (lactones) is 1. The quantitative estimate of drug-likeness (QED) is 0.646. The molecule has 1 aliphatic heterocycles. The highest BCUT2D eigenvalue weighted by Gasteiger charge is 2.24. The van der Waals surface area contributed by atoms with E-state index in [0.717, 1.165) is 0 Å². The lowest BCUT2D eigenvalue weighted by molar-refractivity contribution is -0.129. The molecule has 2 aromatic rings. The Hall–Kier alpha value is -3.21. The number of benzene rings is 2. The van der Waals surface area contributed by atoms with Crippen LogP contribution < -0.4 is 0 Å². The van der Waals surface area contributed by atoms with Crippen molar-refractivity contribution < 1.29 is 19.1 Å². The van der Waals surface area contributed by atoms with Crippen molar-refractivity contribution >= 4 is 23.9 Å². The van der Waals surface area contributed by atoms with Gasteiger partial charge in [0, 0.05) is 5.56 Å². The SMILES string of the molecule is COC(=O)c1ccccc1C=C1N=C(c2ccccc2)OC1=O. The Morgan fingerprint density at radius 3 is 2.52 bits per heavy atom. The van der Waals surface area contributed by atoms with Crippen LogP contribution >= 0.6 is 0 Å². The molecule has 5 heteroatoms. The van der Waals surface area contributed by atoms with Crippen LogP contribution in [0.15, 0.2) is 65.3 Å². The number of hydrogen-bond donors (Lipinski definition) is 0. The van der Waals surface area contributed by atoms with Crippen molar-refractivity contribution in [3.63, 3.8) is 0 Å². The molecule has 0 N–H and O–H groups in total. The van der Waals surface area contributed by atoms with Crippen LogP contribution in [0.25, 0.3) is 6.08 Å². The van der Waals surface area contributed by atoms with Crippen LogP contribution in [0.1, 0.15) is 21.5 Å². The third-order valence-electron chi connectivity index (χ3n) is 3.30. The largest absolute Gasteiger partial charge is 0.465 e. The van der Waals surface area contributed by atoms with E-state index in [1.54, 1.807) is 36.4 Å². The molecule has 0 atom stereocenters. The van der Waals surface area contributed by atoms with Crippen LogP contribution in [-0.2, 0) is 14.3 Å². The van der Waals surface area contributed by atoms with Gasteiger partial charge < -0.3 is 9.47 Å². The normalized spacial score (nSPS) is 15.3. The Kier molecular flexibility index (Phi) is 4.01. The predicted molar refractivity (Wildman–Crippen MR) is 84.8 cm³/mol. The van der Waals surface area contributed by atoms with Gasteiger partial charge in [0.25, 0.3) is 0 Å². The molecule has 0 aliphatic carbocycles. The minimum absolute atomic E-state index is 0.139. The van der Waals surface area contributed by atoms with Crippen molar-refractivity contribution in [3.05, 3.63) is 77.0 Å². The fraction of sp³-hybridized carbons (Fsp3) is 0.0556. The van der Waals surface area contributed by atoms with E-state index in [9.17, 15) is 9.59 Å². The van der Waals surface area contributed by atoms with Crippen molar-refractivity contribution in [3.8, 4) is 0 Å². The molecule has 0 amide bonds. The highest BCUT2D eigenvalue weighted by molar-refractivity contribution is 6.13. The highest BCUT2D eigenvalue weighted by Crippen LogP contribution is 2.21. The second-order valence-corrected chi connectivity index (χ2v) is 4.78. The Morgan fingerprint density at radius 2 is 1.78 bits per heavy atom. The summed E-state index contributed by atoms with van der Waals surface area (Å²) in [6, 6.07) is 16.0. The minimum atomic E-state index is -0.552. The maximum atomic E-state index is 12.0. The molecule has 23 heavy (non-hydrogen) atoms. The number of rotatable bonds is 3. The topological polar surface area (TPSA) is 65.0 Å². The van der Waals surface area contributed by atoms with Gasteiger partial charge in [-0.15, -0.1) is 0 Å². The van der Waals surface area contributed by atoms with Gasteiger partial charge in [0.05, 0.1) is 12.7 Å². The molecule has 0 aromatic heterocycles. The average Bonchev–Trinajstić information content (AvgIpc) is 2.96. The van der Waals surface area contributed by atoms with Gasteiger partial charge in [-0.05, 0) is 29.8 Å². The van der Waals surface area contributed by atoms with Crippen molar-refractivity contribution in [1.29, 1.82) is 0 Å². The molecule has 0 saturated carbocycles. The zero-order valence-electron chi connectivity index (χ0n) is 12.4. The lowest BCUT2D eigenvalue weighted by Crippen LogP contribution is -2.06. The fourth-order valence-electron chi connectivity index (χ4n) is 2.18. The number of aliphatic imine (C=N–C) groups is 1.